The van der Waals surface area contributed by atoms with Crippen LogP contribution in [0.25, 0.3) is 0 Å². The Morgan fingerprint density at radius 1 is 1.06 bits per heavy atom. The summed E-state index contributed by atoms with van der Waals surface area (Å²) in [6.07, 6.45) is -4.65. The lowest BCUT2D eigenvalue weighted by Gasteiger charge is -2.25. The number of aryl methyl sites for hydroxylation is 1. The van der Waals surface area contributed by atoms with Crippen LogP contribution in [0.15, 0.2) is 47.4 Å². The quantitative estimate of drug-likeness (QED) is 0.585. The third-order valence-electron chi connectivity index (χ3n) is 4.90. The van der Waals surface area contributed by atoms with Crippen molar-refractivity contribution in [3.63, 3.8) is 0 Å². The zero-order valence-corrected chi connectivity index (χ0v) is 18.8. The lowest BCUT2D eigenvalue weighted by atomic mass is 10.1. The van der Waals surface area contributed by atoms with Crippen molar-refractivity contribution in [1.29, 1.82) is 5.26 Å². The number of nitrogens with zero attached hydrogens (tertiary/aromatic N) is 3. The Bertz CT molecular complexity index is 1100. The Morgan fingerprint density at radius 2 is 1.66 bits per heavy atom. The van der Waals surface area contributed by atoms with Crippen LogP contribution in [0.1, 0.15) is 40.9 Å². The number of hydrogen-bond donors (Lipinski definition) is 0. The average molecular weight is 468 g/mol. The van der Waals surface area contributed by atoms with Gasteiger partial charge in [-0.3, -0.25) is 4.79 Å². The molecule has 10 heteroatoms. The summed E-state index contributed by atoms with van der Waals surface area (Å²) in [5.41, 5.74) is 0.996. The minimum absolute atomic E-state index is 0.115. The number of alkyl halides is 3. The van der Waals surface area contributed by atoms with E-state index in [1.54, 1.807) is 13.8 Å². The Morgan fingerprint density at radius 3 is 2.16 bits per heavy atom. The first kappa shape index (κ1) is 25.4. The second kappa shape index (κ2) is 10.1. The molecule has 172 valence electrons. The minimum Gasteiger partial charge on any atom is -0.325 e. The van der Waals surface area contributed by atoms with Gasteiger partial charge in [-0.1, -0.05) is 32.0 Å². The lowest BCUT2D eigenvalue weighted by molar-refractivity contribution is -0.141. The standard InChI is InChI=1S/C22H24F3N3O3S/c1-4-28(5-2)32(30,31)19-11-6-16(3)20(12-19)21(29)27(15-22(23,24)25)14-18-9-7-17(13-26)8-10-18/h6-12H,4-5,14-15H2,1-3H3. The number of carbonyl (C=O) groups excluding carboxylic acids is 1. The van der Waals surface area contributed by atoms with Crippen LogP contribution in [-0.2, 0) is 16.6 Å². The molecule has 0 aromatic heterocycles. The molecule has 0 heterocycles. The van der Waals surface area contributed by atoms with Crippen molar-refractivity contribution in [3.8, 4) is 6.07 Å². The molecule has 2 aromatic carbocycles. The number of halogens is 3. The Labute approximate surface area is 185 Å². The van der Waals surface area contributed by atoms with Crippen LogP contribution in [0.5, 0.6) is 0 Å². The van der Waals surface area contributed by atoms with E-state index in [0.717, 1.165) is 6.07 Å². The van der Waals surface area contributed by atoms with E-state index in [-0.39, 0.29) is 30.1 Å². The number of rotatable bonds is 8. The number of amides is 1. The summed E-state index contributed by atoms with van der Waals surface area (Å²) in [6, 6.07) is 11.7. The third-order valence-corrected chi connectivity index (χ3v) is 6.94. The van der Waals surface area contributed by atoms with Gasteiger partial charge in [0.05, 0.1) is 16.5 Å². The van der Waals surface area contributed by atoms with Gasteiger partial charge in [-0.25, -0.2) is 8.42 Å². The largest absolute Gasteiger partial charge is 0.406 e. The van der Waals surface area contributed by atoms with Gasteiger partial charge in [-0.2, -0.15) is 22.7 Å². The molecule has 0 atom stereocenters. The van der Waals surface area contributed by atoms with Crippen LogP contribution < -0.4 is 0 Å². The van der Waals surface area contributed by atoms with Crippen LogP contribution in [0.4, 0.5) is 13.2 Å². The molecule has 0 aliphatic rings. The van der Waals surface area contributed by atoms with Crippen molar-refractivity contribution in [1.82, 2.24) is 9.21 Å². The summed E-state index contributed by atoms with van der Waals surface area (Å²) in [6.45, 7) is 3.46. The molecule has 0 saturated heterocycles. The highest BCUT2D eigenvalue weighted by Crippen LogP contribution is 2.24. The first-order chi connectivity index (χ1) is 14.9. The van der Waals surface area contributed by atoms with Crippen LogP contribution >= 0.6 is 0 Å². The Hall–Kier alpha value is -2.90. The molecular formula is C22H24F3N3O3S. The predicted octanol–water partition coefficient (Wildman–Crippen LogP) is 4.10. The molecule has 0 aliphatic heterocycles. The molecule has 32 heavy (non-hydrogen) atoms. The van der Waals surface area contributed by atoms with Gasteiger partial charge >= 0.3 is 6.18 Å². The lowest BCUT2D eigenvalue weighted by Crippen LogP contribution is -2.39. The maximum Gasteiger partial charge on any atom is 0.406 e. The van der Waals surface area contributed by atoms with Gasteiger partial charge in [0.1, 0.15) is 6.54 Å². The van der Waals surface area contributed by atoms with E-state index in [2.05, 4.69) is 0 Å². The second-order valence-electron chi connectivity index (χ2n) is 7.15. The van der Waals surface area contributed by atoms with Gasteiger partial charge < -0.3 is 4.90 Å². The van der Waals surface area contributed by atoms with Crippen molar-refractivity contribution in [3.05, 3.63) is 64.7 Å². The van der Waals surface area contributed by atoms with Gasteiger partial charge in [0.2, 0.25) is 10.0 Å². The van der Waals surface area contributed by atoms with Crippen LogP contribution in [-0.4, -0.2) is 49.3 Å². The highest BCUT2D eigenvalue weighted by molar-refractivity contribution is 7.89. The summed E-state index contributed by atoms with van der Waals surface area (Å²) in [5, 5.41) is 8.88. The molecule has 0 aliphatic carbocycles. The average Bonchev–Trinajstić information content (AvgIpc) is 2.73. The molecule has 0 radical (unpaired) electrons. The molecule has 2 rings (SSSR count). The number of benzene rings is 2. The van der Waals surface area contributed by atoms with Crippen molar-refractivity contribution in [2.75, 3.05) is 19.6 Å². The molecule has 0 saturated carbocycles. The smallest absolute Gasteiger partial charge is 0.325 e. The van der Waals surface area contributed by atoms with E-state index in [0.29, 0.717) is 21.6 Å². The van der Waals surface area contributed by atoms with Crippen LogP contribution in [0.3, 0.4) is 0 Å². The Kier molecular flexibility index (Phi) is 8.04. The molecule has 0 bridgehead atoms. The van der Waals surface area contributed by atoms with Crippen molar-refractivity contribution < 1.29 is 26.4 Å². The fourth-order valence-corrected chi connectivity index (χ4v) is 4.68. The summed E-state index contributed by atoms with van der Waals surface area (Å²) in [4.78, 5) is 13.6. The predicted molar refractivity (Wildman–Crippen MR) is 113 cm³/mol. The molecular weight excluding hydrogens is 443 g/mol. The monoisotopic (exact) mass is 467 g/mol. The molecule has 0 spiro atoms. The van der Waals surface area contributed by atoms with E-state index in [4.69, 9.17) is 5.26 Å². The van der Waals surface area contributed by atoms with Crippen molar-refractivity contribution in [2.24, 2.45) is 0 Å². The second-order valence-corrected chi connectivity index (χ2v) is 9.09. The van der Waals surface area contributed by atoms with E-state index in [1.165, 1.54) is 47.6 Å². The number of hydrogen-bond acceptors (Lipinski definition) is 4. The molecule has 1 amide bonds. The fourth-order valence-electron chi connectivity index (χ4n) is 3.20. The number of carbonyl (C=O) groups is 1. The minimum atomic E-state index is -4.65. The highest BCUT2D eigenvalue weighted by Gasteiger charge is 2.34. The fraction of sp³-hybridized carbons (Fsp3) is 0.364. The van der Waals surface area contributed by atoms with Crippen molar-refractivity contribution >= 4 is 15.9 Å². The van der Waals surface area contributed by atoms with Gasteiger partial charge in [0.25, 0.3) is 5.91 Å². The molecule has 0 fully saturated rings. The molecule has 0 N–H and O–H groups in total. The topological polar surface area (TPSA) is 81.5 Å². The molecule has 6 nitrogen and oxygen atoms in total. The van der Waals surface area contributed by atoms with E-state index < -0.39 is 28.7 Å². The zero-order chi connectivity index (χ0) is 24.1. The summed E-state index contributed by atoms with van der Waals surface area (Å²) < 4.78 is 66.5. The van der Waals surface area contributed by atoms with Gasteiger partial charge in [-0.15, -0.1) is 0 Å². The Balaban J connectivity index is 2.47. The van der Waals surface area contributed by atoms with E-state index in [9.17, 15) is 26.4 Å². The summed E-state index contributed by atoms with van der Waals surface area (Å²) in [5.74, 6) is -0.930. The molecule has 2 aromatic rings. The van der Waals surface area contributed by atoms with Gasteiger partial charge in [-0.05, 0) is 42.3 Å². The SMILES string of the molecule is CCN(CC)S(=O)(=O)c1ccc(C)c(C(=O)N(Cc2ccc(C#N)cc2)CC(F)(F)F)c1. The van der Waals surface area contributed by atoms with Crippen LogP contribution in [0.2, 0.25) is 0 Å². The maximum atomic E-state index is 13.2. The maximum absolute atomic E-state index is 13.2. The van der Waals surface area contributed by atoms with Crippen LogP contribution in [0, 0.1) is 18.3 Å². The van der Waals surface area contributed by atoms with Gasteiger partial charge in [0.15, 0.2) is 0 Å². The zero-order valence-electron chi connectivity index (χ0n) is 18.0. The number of sulfonamides is 1. The van der Waals surface area contributed by atoms with Gasteiger partial charge in [0, 0.05) is 25.2 Å². The molecule has 0 unspecified atom stereocenters. The summed E-state index contributed by atoms with van der Waals surface area (Å²) >= 11 is 0. The van der Waals surface area contributed by atoms with Crippen molar-refractivity contribution in [2.45, 2.75) is 38.4 Å². The number of nitriles is 1. The van der Waals surface area contributed by atoms with E-state index >= 15 is 0 Å². The first-order valence-electron chi connectivity index (χ1n) is 9.88. The first-order valence-corrected chi connectivity index (χ1v) is 11.3. The van der Waals surface area contributed by atoms with E-state index in [1.807, 2.05) is 6.07 Å². The summed E-state index contributed by atoms with van der Waals surface area (Å²) in [7, 11) is -3.89. The highest BCUT2D eigenvalue weighted by atomic mass is 32.2. The normalized spacial score (nSPS) is 11.9. The third kappa shape index (κ3) is 6.08.